The highest BCUT2D eigenvalue weighted by Crippen LogP contribution is 2.29. The zero-order valence-electron chi connectivity index (χ0n) is 23.9. The van der Waals surface area contributed by atoms with E-state index in [9.17, 15) is 0 Å². The van der Waals surface area contributed by atoms with Gasteiger partial charge in [0.05, 0.1) is 11.9 Å². The highest BCUT2D eigenvalue weighted by Gasteiger charge is 2.20. The summed E-state index contributed by atoms with van der Waals surface area (Å²) >= 11 is 6.57. The number of fused-ring (bicyclic) bond motifs is 1. The average molecular weight is 582 g/mol. The Balaban J connectivity index is 1.60. The first-order chi connectivity index (χ1) is 18.5. The molecule has 39 heavy (non-hydrogen) atoms. The van der Waals surface area contributed by atoms with Crippen LogP contribution in [0.25, 0.3) is 28.0 Å². The molecule has 0 bridgehead atoms. The fraction of sp³-hybridized carbons (Fsp3) is 0.414. The lowest BCUT2D eigenvalue weighted by molar-refractivity contribution is 0.0942. The molecule has 7 nitrogen and oxygen atoms in total. The van der Waals surface area contributed by atoms with Gasteiger partial charge >= 0.3 is 0 Å². The molecule has 10 heteroatoms. The van der Waals surface area contributed by atoms with Crippen molar-refractivity contribution in [2.45, 2.75) is 51.4 Å². The summed E-state index contributed by atoms with van der Waals surface area (Å²) in [6, 6.07) is 18.2. The Morgan fingerprint density at radius 1 is 0.821 bits per heavy atom. The number of ether oxygens (including phenoxy) is 2. The minimum Gasteiger partial charge on any atom is -0.361 e. The van der Waals surface area contributed by atoms with Crippen molar-refractivity contribution in [3.05, 3.63) is 66.1 Å². The molecule has 0 atom stereocenters. The Morgan fingerprint density at radius 2 is 1.46 bits per heavy atom. The molecule has 208 valence electrons. The van der Waals surface area contributed by atoms with Gasteiger partial charge in [-0.2, -0.15) is 9.61 Å². The maximum absolute atomic E-state index is 6.57. The van der Waals surface area contributed by atoms with Crippen LogP contribution in [0.3, 0.4) is 0 Å². The van der Waals surface area contributed by atoms with Gasteiger partial charge in [-0.3, -0.25) is 4.98 Å². The van der Waals surface area contributed by atoms with Gasteiger partial charge in [0.1, 0.15) is 24.4 Å². The number of halogens is 1. The molecule has 1 aromatic carbocycles. The molecule has 3 aromatic heterocycles. The van der Waals surface area contributed by atoms with Gasteiger partial charge in [-0.05, 0) is 18.2 Å². The highest BCUT2D eigenvalue weighted by atomic mass is 35.5. The van der Waals surface area contributed by atoms with E-state index >= 15 is 0 Å². The lowest BCUT2D eigenvalue weighted by Gasteiger charge is -2.26. The van der Waals surface area contributed by atoms with Crippen molar-refractivity contribution in [2.24, 2.45) is 0 Å². The smallest absolute Gasteiger partial charge is 0.166 e. The van der Waals surface area contributed by atoms with E-state index in [0.717, 1.165) is 40.3 Å². The SMILES string of the molecule is C[Si](C)(C)CCOCN(COCC[Si](C)(C)C)c1cc(Cl)nc2c(-c3ccc(-c4ccccc4)nc3)cnn12. The molecule has 0 saturated heterocycles. The van der Waals surface area contributed by atoms with Crippen molar-refractivity contribution in [3.63, 3.8) is 0 Å². The van der Waals surface area contributed by atoms with E-state index in [1.807, 2.05) is 58.2 Å². The summed E-state index contributed by atoms with van der Waals surface area (Å²) in [4.78, 5) is 11.4. The van der Waals surface area contributed by atoms with Gasteiger partial charge in [-0.25, -0.2) is 4.98 Å². The number of anilines is 1. The Hall–Kier alpha value is -2.57. The van der Waals surface area contributed by atoms with E-state index < -0.39 is 16.1 Å². The van der Waals surface area contributed by atoms with Crippen molar-refractivity contribution in [1.82, 2.24) is 19.6 Å². The first kappa shape index (κ1) is 29.4. The third-order valence-electron chi connectivity index (χ3n) is 6.38. The molecule has 0 spiro atoms. The molecule has 0 fully saturated rings. The van der Waals surface area contributed by atoms with Crippen molar-refractivity contribution in [3.8, 4) is 22.4 Å². The van der Waals surface area contributed by atoms with Crippen LogP contribution in [0.1, 0.15) is 0 Å². The molecule has 4 aromatic rings. The lowest BCUT2D eigenvalue weighted by Crippen LogP contribution is -2.33. The standard InChI is InChI=1S/C29H40ClN5O2Si2/c1-38(2,3)16-14-36-21-34(22-37-15-17-39(4,5)6)28-18-27(30)33-29-25(20-32-35(28)29)24-12-13-26(31-19-24)23-10-8-7-9-11-23/h7-13,18-20H,14-17,21-22H2,1-6H3. The van der Waals surface area contributed by atoms with Crippen LogP contribution in [0.15, 0.2) is 60.9 Å². The van der Waals surface area contributed by atoms with Gasteiger partial charge in [0.25, 0.3) is 0 Å². The number of pyridine rings is 1. The topological polar surface area (TPSA) is 64.8 Å². The van der Waals surface area contributed by atoms with Crippen LogP contribution in [0.2, 0.25) is 56.5 Å². The lowest BCUT2D eigenvalue weighted by atomic mass is 10.1. The third kappa shape index (κ3) is 8.46. The van der Waals surface area contributed by atoms with E-state index in [2.05, 4.69) is 61.4 Å². The van der Waals surface area contributed by atoms with Crippen molar-refractivity contribution >= 4 is 39.2 Å². The highest BCUT2D eigenvalue weighted by molar-refractivity contribution is 6.76. The van der Waals surface area contributed by atoms with Crippen LogP contribution < -0.4 is 4.90 Å². The summed E-state index contributed by atoms with van der Waals surface area (Å²) in [5.41, 5.74) is 4.45. The summed E-state index contributed by atoms with van der Waals surface area (Å²) in [6.07, 6.45) is 3.68. The Bertz CT molecular complexity index is 1330. The Morgan fingerprint density at radius 3 is 2.03 bits per heavy atom. The van der Waals surface area contributed by atoms with Crippen LogP contribution >= 0.6 is 11.6 Å². The van der Waals surface area contributed by atoms with Gasteiger partial charge in [0.2, 0.25) is 0 Å². The summed E-state index contributed by atoms with van der Waals surface area (Å²) in [6.45, 7) is 16.3. The molecule has 0 amide bonds. The third-order valence-corrected chi connectivity index (χ3v) is 9.98. The monoisotopic (exact) mass is 581 g/mol. The number of nitrogens with zero attached hydrogens (tertiary/aromatic N) is 5. The molecule has 0 aliphatic heterocycles. The number of benzene rings is 1. The predicted octanol–water partition coefficient (Wildman–Crippen LogP) is 7.54. The van der Waals surface area contributed by atoms with Crippen LogP contribution in [0.4, 0.5) is 5.82 Å². The largest absolute Gasteiger partial charge is 0.361 e. The molecule has 0 N–H and O–H groups in total. The van der Waals surface area contributed by atoms with Crippen LogP contribution in [-0.2, 0) is 9.47 Å². The zero-order chi connectivity index (χ0) is 28.0. The van der Waals surface area contributed by atoms with Gasteiger partial charge in [0.15, 0.2) is 5.65 Å². The van der Waals surface area contributed by atoms with Crippen molar-refractivity contribution in [2.75, 3.05) is 31.6 Å². The second-order valence-corrected chi connectivity index (χ2v) is 23.9. The van der Waals surface area contributed by atoms with Crippen molar-refractivity contribution in [1.29, 1.82) is 0 Å². The molecule has 0 unspecified atom stereocenters. The predicted molar refractivity (Wildman–Crippen MR) is 167 cm³/mol. The Labute approximate surface area is 239 Å². The maximum Gasteiger partial charge on any atom is 0.166 e. The van der Waals surface area contributed by atoms with E-state index in [0.29, 0.717) is 37.5 Å². The fourth-order valence-corrected chi connectivity index (χ4v) is 5.65. The second kappa shape index (κ2) is 12.7. The van der Waals surface area contributed by atoms with Gasteiger partial charge in [-0.1, -0.05) is 87.3 Å². The minimum atomic E-state index is -1.20. The number of aromatic nitrogens is 4. The van der Waals surface area contributed by atoms with E-state index in [1.54, 1.807) is 0 Å². The molecule has 3 heterocycles. The average Bonchev–Trinajstić information content (AvgIpc) is 3.30. The first-order valence-corrected chi connectivity index (χ1v) is 21.3. The summed E-state index contributed by atoms with van der Waals surface area (Å²) < 4.78 is 14.1. The molecular weight excluding hydrogens is 542 g/mol. The molecule has 0 aliphatic carbocycles. The van der Waals surface area contributed by atoms with Crippen LogP contribution in [0.5, 0.6) is 0 Å². The normalized spacial score (nSPS) is 12.3. The van der Waals surface area contributed by atoms with Crippen molar-refractivity contribution < 1.29 is 9.47 Å². The summed E-state index contributed by atoms with van der Waals surface area (Å²) in [5, 5.41) is 5.09. The zero-order valence-corrected chi connectivity index (χ0v) is 26.7. The molecule has 0 saturated carbocycles. The second-order valence-electron chi connectivity index (χ2n) is 12.3. The molecule has 0 aliphatic rings. The molecule has 4 rings (SSSR count). The number of hydrogen-bond acceptors (Lipinski definition) is 6. The number of rotatable bonds is 13. The Kier molecular flexibility index (Phi) is 9.61. The minimum absolute atomic E-state index is 0.384. The van der Waals surface area contributed by atoms with Gasteiger partial charge < -0.3 is 14.4 Å². The van der Waals surface area contributed by atoms with Gasteiger partial charge in [0, 0.05) is 58.3 Å². The van der Waals surface area contributed by atoms with Crippen LogP contribution in [-0.4, -0.2) is 62.4 Å². The van der Waals surface area contributed by atoms with E-state index in [-0.39, 0.29) is 0 Å². The molecule has 0 radical (unpaired) electrons. The summed E-state index contributed by atoms with van der Waals surface area (Å²) in [7, 11) is -2.40. The van der Waals surface area contributed by atoms with Gasteiger partial charge in [-0.15, -0.1) is 0 Å². The van der Waals surface area contributed by atoms with E-state index in [1.165, 1.54) is 0 Å². The van der Waals surface area contributed by atoms with Crippen LogP contribution in [0, 0.1) is 0 Å². The maximum atomic E-state index is 6.57. The molecular formula is C29H40ClN5O2Si2. The quantitative estimate of drug-likeness (QED) is 0.0703. The number of hydrogen-bond donors (Lipinski definition) is 0. The fourth-order valence-electron chi connectivity index (χ4n) is 3.96. The summed E-state index contributed by atoms with van der Waals surface area (Å²) in [5.74, 6) is 0.783. The van der Waals surface area contributed by atoms with E-state index in [4.69, 9.17) is 26.2 Å². The first-order valence-electron chi connectivity index (χ1n) is 13.5.